The van der Waals surface area contributed by atoms with Gasteiger partial charge in [0.2, 0.25) is 0 Å². The van der Waals surface area contributed by atoms with Gasteiger partial charge in [0.1, 0.15) is 5.69 Å². The third kappa shape index (κ3) is 3.07. The van der Waals surface area contributed by atoms with E-state index in [0.29, 0.717) is 5.69 Å². The fraction of sp³-hybridized carbons (Fsp3) is 0.375. The van der Waals surface area contributed by atoms with Crippen LogP contribution in [0.15, 0.2) is 42.9 Å². The first-order valence-corrected chi connectivity index (χ1v) is 7.01. The van der Waals surface area contributed by atoms with E-state index in [1.807, 2.05) is 35.0 Å². The van der Waals surface area contributed by atoms with Crippen molar-refractivity contribution in [2.45, 2.75) is 39.3 Å². The van der Waals surface area contributed by atoms with E-state index in [9.17, 15) is 4.79 Å². The van der Waals surface area contributed by atoms with E-state index in [0.717, 1.165) is 12.0 Å². The number of carbonyl (C=O) groups is 1. The number of nitrogens with one attached hydrogen (secondary N) is 1. The summed E-state index contributed by atoms with van der Waals surface area (Å²) in [6.07, 6.45) is 6.28. The van der Waals surface area contributed by atoms with Crippen LogP contribution in [0.3, 0.4) is 0 Å². The van der Waals surface area contributed by atoms with Crippen molar-refractivity contribution in [2.75, 3.05) is 0 Å². The van der Waals surface area contributed by atoms with Crippen LogP contribution in [-0.4, -0.2) is 15.5 Å². The summed E-state index contributed by atoms with van der Waals surface area (Å²) in [5, 5.41) is 3.09. The lowest BCUT2D eigenvalue weighted by molar-refractivity contribution is 0.0924. The molecule has 0 aromatic carbocycles. The van der Waals surface area contributed by atoms with Crippen LogP contribution in [0.25, 0.3) is 0 Å². The molecule has 2 heterocycles. The number of aromatic nitrogens is 2. The van der Waals surface area contributed by atoms with E-state index in [2.05, 4.69) is 31.1 Å². The Morgan fingerprint density at radius 1 is 1.30 bits per heavy atom. The molecule has 2 aromatic rings. The fourth-order valence-electron chi connectivity index (χ4n) is 2.29. The Labute approximate surface area is 119 Å². The maximum Gasteiger partial charge on any atom is 0.268 e. The van der Waals surface area contributed by atoms with Crippen LogP contribution in [0.5, 0.6) is 0 Å². The summed E-state index contributed by atoms with van der Waals surface area (Å²) in [6.45, 7) is 6.20. The van der Waals surface area contributed by atoms with E-state index in [4.69, 9.17) is 0 Å². The minimum atomic E-state index is -0.0348. The van der Waals surface area contributed by atoms with Crippen molar-refractivity contribution in [2.24, 2.45) is 0 Å². The highest BCUT2D eigenvalue weighted by atomic mass is 16.2. The van der Waals surface area contributed by atoms with Crippen LogP contribution in [0, 0.1) is 0 Å². The van der Waals surface area contributed by atoms with Crippen molar-refractivity contribution >= 4 is 5.91 Å². The number of carbonyl (C=O) groups excluding carboxylic acids is 1. The largest absolute Gasteiger partial charge is 0.344 e. The average molecular weight is 271 g/mol. The van der Waals surface area contributed by atoms with Gasteiger partial charge in [-0.25, -0.2) is 0 Å². The number of rotatable bonds is 5. The summed E-state index contributed by atoms with van der Waals surface area (Å²) in [5.41, 5.74) is 1.78. The molecule has 0 aliphatic rings. The second kappa shape index (κ2) is 6.37. The third-order valence-corrected chi connectivity index (χ3v) is 3.39. The normalized spacial score (nSPS) is 12.4. The van der Waals surface area contributed by atoms with Crippen LogP contribution >= 0.6 is 0 Å². The molecule has 1 N–H and O–H groups in total. The molecule has 0 unspecified atom stereocenters. The Bertz CT molecular complexity index is 560. The second-order valence-electron chi connectivity index (χ2n) is 5.11. The summed E-state index contributed by atoms with van der Waals surface area (Å²) in [4.78, 5) is 16.4. The molecule has 2 aromatic heterocycles. The average Bonchev–Trinajstić information content (AvgIpc) is 2.95. The predicted molar refractivity (Wildman–Crippen MR) is 79.6 cm³/mol. The molecular formula is C16H21N3O. The van der Waals surface area contributed by atoms with Gasteiger partial charge in [-0.05, 0) is 50.1 Å². The Balaban J connectivity index is 2.16. The lowest BCUT2D eigenvalue weighted by Crippen LogP contribution is -2.30. The molecule has 0 aliphatic heterocycles. The van der Waals surface area contributed by atoms with E-state index in [-0.39, 0.29) is 18.0 Å². The monoisotopic (exact) mass is 271 g/mol. The first-order valence-electron chi connectivity index (χ1n) is 7.01. The standard InChI is InChI=1S/C16H21N3O/c1-4-14(13-7-9-17-10-8-13)18-16(20)15-6-5-11-19(15)12(2)3/h5-12,14H,4H2,1-3H3,(H,18,20)/t14-/m0/s1. The van der Waals surface area contributed by atoms with Gasteiger partial charge in [0.15, 0.2) is 0 Å². The van der Waals surface area contributed by atoms with E-state index in [1.165, 1.54) is 0 Å². The highest BCUT2D eigenvalue weighted by Gasteiger charge is 2.17. The summed E-state index contributed by atoms with van der Waals surface area (Å²) in [6, 6.07) is 7.93. The van der Waals surface area contributed by atoms with Crippen LogP contribution in [-0.2, 0) is 0 Å². The van der Waals surface area contributed by atoms with Gasteiger partial charge in [0.05, 0.1) is 6.04 Å². The lowest BCUT2D eigenvalue weighted by atomic mass is 10.1. The van der Waals surface area contributed by atoms with E-state index >= 15 is 0 Å². The third-order valence-electron chi connectivity index (χ3n) is 3.39. The number of hydrogen-bond acceptors (Lipinski definition) is 2. The molecular weight excluding hydrogens is 250 g/mol. The minimum absolute atomic E-state index is 0.0148. The Morgan fingerprint density at radius 2 is 2.00 bits per heavy atom. The van der Waals surface area contributed by atoms with Crippen molar-refractivity contribution in [3.63, 3.8) is 0 Å². The number of hydrogen-bond donors (Lipinski definition) is 1. The van der Waals surface area contributed by atoms with Gasteiger partial charge < -0.3 is 9.88 Å². The number of pyridine rings is 1. The number of amides is 1. The van der Waals surface area contributed by atoms with Gasteiger partial charge in [-0.2, -0.15) is 0 Å². The predicted octanol–water partition coefficient (Wildman–Crippen LogP) is 3.35. The van der Waals surface area contributed by atoms with Gasteiger partial charge in [0.25, 0.3) is 5.91 Å². The summed E-state index contributed by atoms with van der Waals surface area (Å²) >= 11 is 0. The smallest absolute Gasteiger partial charge is 0.268 e. The molecule has 0 aliphatic carbocycles. The highest BCUT2D eigenvalue weighted by Crippen LogP contribution is 2.17. The second-order valence-corrected chi connectivity index (χ2v) is 5.11. The first kappa shape index (κ1) is 14.3. The molecule has 20 heavy (non-hydrogen) atoms. The number of nitrogens with zero attached hydrogens (tertiary/aromatic N) is 2. The van der Waals surface area contributed by atoms with Gasteiger partial charge >= 0.3 is 0 Å². The van der Waals surface area contributed by atoms with Crippen molar-refractivity contribution in [3.8, 4) is 0 Å². The maximum absolute atomic E-state index is 12.4. The van der Waals surface area contributed by atoms with Crippen molar-refractivity contribution < 1.29 is 4.79 Å². The molecule has 4 heteroatoms. The molecule has 4 nitrogen and oxygen atoms in total. The Kier molecular flexibility index (Phi) is 4.56. The Morgan fingerprint density at radius 3 is 2.60 bits per heavy atom. The summed E-state index contributed by atoms with van der Waals surface area (Å²) in [5.74, 6) is -0.0348. The van der Waals surface area contributed by atoms with Crippen molar-refractivity contribution in [1.82, 2.24) is 14.9 Å². The van der Waals surface area contributed by atoms with Gasteiger partial charge in [-0.15, -0.1) is 0 Å². The molecule has 0 bridgehead atoms. The van der Waals surface area contributed by atoms with Crippen LogP contribution in [0.2, 0.25) is 0 Å². The van der Waals surface area contributed by atoms with Crippen molar-refractivity contribution in [1.29, 1.82) is 0 Å². The van der Waals surface area contributed by atoms with Gasteiger partial charge in [-0.3, -0.25) is 9.78 Å². The zero-order valence-corrected chi connectivity index (χ0v) is 12.2. The molecule has 106 valence electrons. The van der Waals surface area contributed by atoms with Crippen LogP contribution in [0.1, 0.15) is 55.3 Å². The SMILES string of the molecule is CC[C@H](NC(=O)c1cccn1C(C)C)c1ccncc1. The first-order chi connectivity index (χ1) is 9.63. The van der Waals surface area contributed by atoms with Crippen molar-refractivity contribution in [3.05, 3.63) is 54.1 Å². The Hall–Kier alpha value is -2.10. The van der Waals surface area contributed by atoms with Gasteiger partial charge in [0, 0.05) is 24.6 Å². The molecule has 0 saturated carbocycles. The lowest BCUT2D eigenvalue weighted by Gasteiger charge is -2.19. The summed E-state index contributed by atoms with van der Waals surface area (Å²) in [7, 11) is 0. The van der Waals surface area contributed by atoms with Crippen LogP contribution < -0.4 is 5.32 Å². The summed E-state index contributed by atoms with van der Waals surface area (Å²) < 4.78 is 1.98. The van der Waals surface area contributed by atoms with E-state index < -0.39 is 0 Å². The molecule has 0 fully saturated rings. The molecule has 1 atom stereocenters. The molecule has 0 radical (unpaired) electrons. The van der Waals surface area contributed by atoms with Gasteiger partial charge in [-0.1, -0.05) is 6.92 Å². The molecule has 0 spiro atoms. The topological polar surface area (TPSA) is 46.9 Å². The van der Waals surface area contributed by atoms with E-state index in [1.54, 1.807) is 12.4 Å². The molecule has 2 rings (SSSR count). The quantitative estimate of drug-likeness (QED) is 0.906. The minimum Gasteiger partial charge on any atom is -0.344 e. The zero-order valence-electron chi connectivity index (χ0n) is 12.2. The van der Waals surface area contributed by atoms with Crippen LogP contribution in [0.4, 0.5) is 0 Å². The molecule has 1 amide bonds. The zero-order chi connectivity index (χ0) is 14.5. The molecule has 0 saturated heterocycles. The maximum atomic E-state index is 12.4. The fourth-order valence-corrected chi connectivity index (χ4v) is 2.29. The highest BCUT2D eigenvalue weighted by molar-refractivity contribution is 5.93.